The van der Waals surface area contributed by atoms with Crippen molar-refractivity contribution in [2.24, 2.45) is 0 Å². The molecule has 2 rings (SSSR count). The maximum absolute atomic E-state index is 14.1. The van der Waals surface area contributed by atoms with Crippen molar-refractivity contribution in [2.75, 3.05) is 22.9 Å². The molecule has 0 bridgehead atoms. The fourth-order valence-corrected chi connectivity index (χ4v) is 4.66. The van der Waals surface area contributed by atoms with Crippen LogP contribution in [0.25, 0.3) is 0 Å². The molecule has 2 amide bonds. The third-order valence-electron chi connectivity index (χ3n) is 7.07. The Kier molecular flexibility index (Phi) is 15.0. The van der Waals surface area contributed by atoms with Crippen LogP contribution in [0.3, 0.4) is 0 Å². The predicted octanol–water partition coefficient (Wildman–Crippen LogP) is 9.97. The van der Waals surface area contributed by atoms with Crippen molar-refractivity contribution in [3.63, 3.8) is 0 Å². The third-order valence-corrected chi connectivity index (χ3v) is 7.07. The summed E-state index contributed by atoms with van der Waals surface area (Å²) in [6.45, 7) is 10.5. The van der Waals surface area contributed by atoms with Crippen LogP contribution in [0, 0.1) is 0 Å². The van der Waals surface area contributed by atoms with E-state index >= 15 is 0 Å². The largest absolute Gasteiger partial charge is 0.328 e. The summed E-state index contributed by atoms with van der Waals surface area (Å²) in [6.07, 6.45) is 16.3. The van der Waals surface area contributed by atoms with Crippen molar-refractivity contribution in [1.82, 2.24) is 0 Å². The molecule has 0 fully saturated rings. The molecule has 3 nitrogen and oxygen atoms in total. The van der Waals surface area contributed by atoms with Gasteiger partial charge < -0.3 is 0 Å². The van der Waals surface area contributed by atoms with E-state index < -0.39 is 0 Å². The van der Waals surface area contributed by atoms with E-state index in [-0.39, 0.29) is 6.03 Å². The van der Waals surface area contributed by atoms with Crippen LogP contribution in [0.1, 0.15) is 116 Å². The van der Waals surface area contributed by atoms with Gasteiger partial charge in [-0.15, -0.1) is 0 Å². The summed E-state index contributed by atoms with van der Waals surface area (Å²) < 4.78 is 0. The van der Waals surface area contributed by atoms with E-state index in [1.54, 1.807) is 0 Å². The lowest BCUT2D eigenvalue weighted by Crippen LogP contribution is -2.44. The zero-order chi connectivity index (χ0) is 26.0. The van der Waals surface area contributed by atoms with Crippen LogP contribution >= 0.6 is 0 Å². The van der Waals surface area contributed by atoms with Gasteiger partial charge in [-0.05, 0) is 73.9 Å². The molecule has 0 aromatic heterocycles. The van der Waals surface area contributed by atoms with Crippen LogP contribution in [0.15, 0.2) is 48.5 Å². The zero-order valence-corrected chi connectivity index (χ0v) is 23.7. The van der Waals surface area contributed by atoms with Crippen LogP contribution in [0.4, 0.5) is 16.2 Å². The molecule has 2 aromatic rings. The van der Waals surface area contributed by atoms with Gasteiger partial charge in [0.1, 0.15) is 0 Å². The first-order chi connectivity index (χ1) is 17.6. The molecule has 0 aliphatic rings. The Morgan fingerprint density at radius 3 is 1.19 bits per heavy atom. The number of hydrogen-bond acceptors (Lipinski definition) is 1. The van der Waals surface area contributed by atoms with Gasteiger partial charge in [-0.1, -0.05) is 103 Å². The number of anilines is 2. The fourth-order valence-electron chi connectivity index (χ4n) is 4.66. The van der Waals surface area contributed by atoms with E-state index in [0.29, 0.717) is 0 Å². The minimum absolute atomic E-state index is 0.116. The van der Waals surface area contributed by atoms with E-state index in [9.17, 15) is 4.79 Å². The van der Waals surface area contributed by atoms with E-state index in [4.69, 9.17) is 0 Å². The summed E-state index contributed by atoms with van der Waals surface area (Å²) in [5.41, 5.74) is 4.76. The lowest BCUT2D eigenvalue weighted by atomic mass is 10.1. The smallest absolute Gasteiger partial charge is 0.294 e. The maximum atomic E-state index is 14.1. The minimum atomic E-state index is 0.116. The molecule has 0 N–H and O–H groups in total. The van der Waals surface area contributed by atoms with Gasteiger partial charge in [0.15, 0.2) is 0 Å². The van der Waals surface area contributed by atoms with Gasteiger partial charge in [0.2, 0.25) is 0 Å². The standard InChI is InChI=1S/C33H52N2O/c1-5-9-13-15-27-34(31-23-19-29(20-24-31)17-11-7-3)33(36)35(28-16-14-10-6-2)32-25-21-30(22-26-32)18-12-8-4/h19-26H,5-18,27-28H2,1-4H3. The second-order valence-corrected chi connectivity index (χ2v) is 10.2. The van der Waals surface area contributed by atoms with E-state index in [1.807, 2.05) is 9.80 Å². The summed E-state index contributed by atoms with van der Waals surface area (Å²) in [5, 5.41) is 0. The van der Waals surface area contributed by atoms with E-state index in [0.717, 1.165) is 63.0 Å². The monoisotopic (exact) mass is 492 g/mol. The summed E-state index contributed by atoms with van der Waals surface area (Å²) in [7, 11) is 0. The Hall–Kier alpha value is -2.29. The number of aryl methyl sites for hydroxylation is 2. The topological polar surface area (TPSA) is 23.6 Å². The molecular formula is C33H52N2O. The number of carbonyl (C=O) groups excluding carboxylic acids is 1. The second kappa shape index (κ2) is 18.0. The van der Waals surface area contributed by atoms with E-state index in [1.165, 1.54) is 62.5 Å². The number of carbonyl (C=O) groups is 1. The Labute approximate surface area is 222 Å². The molecule has 36 heavy (non-hydrogen) atoms. The Morgan fingerprint density at radius 2 is 0.861 bits per heavy atom. The first-order valence-corrected chi connectivity index (χ1v) is 14.9. The van der Waals surface area contributed by atoms with Crippen molar-refractivity contribution >= 4 is 17.4 Å². The van der Waals surface area contributed by atoms with Gasteiger partial charge in [0.25, 0.3) is 0 Å². The molecule has 0 saturated carbocycles. The van der Waals surface area contributed by atoms with Gasteiger partial charge in [-0.3, -0.25) is 9.80 Å². The number of amides is 2. The van der Waals surface area contributed by atoms with Crippen molar-refractivity contribution in [3.8, 4) is 0 Å². The van der Waals surface area contributed by atoms with Gasteiger partial charge in [-0.2, -0.15) is 0 Å². The minimum Gasteiger partial charge on any atom is -0.294 e. The highest BCUT2D eigenvalue weighted by molar-refractivity contribution is 6.03. The molecule has 0 atom stereocenters. The highest BCUT2D eigenvalue weighted by Gasteiger charge is 2.23. The quantitative estimate of drug-likeness (QED) is 0.190. The zero-order valence-electron chi connectivity index (χ0n) is 23.7. The molecular weight excluding hydrogens is 440 g/mol. The van der Waals surface area contributed by atoms with Crippen LogP contribution in [-0.2, 0) is 12.8 Å². The van der Waals surface area contributed by atoms with Crippen molar-refractivity contribution in [3.05, 3.63) is 59.7 Å². The molecule has 0 radical (unpaired) electrons. The molecule has 2 aromatic carbocycles. The Morgan fingerprint density at radius 1 is 0.500 bits per heavy atom. The molecule has 0 aliphatic heterocycles. The average molecular weight is 493 g/mol. The number of urea groups is 1. The van der Waals surface area contributed by atoms with Gasteiger partial charge >= 0.3 is 6.03 Å². The van der Waals surface area contributed by atoms with Gasteiger partial charge in [-0.25, -0.2) is 4.79 Å². The molecule has 3 heteroatoms. The van der Waals surface area contributed by atoms with Gasteiger partial charge in [0.05, 0.1) is 0 Å². The normalized spacial score (nSPS) is 11.0. The molecule has 0 spiro atoms. The maximum Gasteiger partial charge on any atom is 0.328 e. The number of nitrogens with zero attached hydrogens (tertiary/aromatic N) is 2. The highest BCUT2D eigenvalue weighted by atomic mass is 16.2. The predicted molar refractivity (Wildman–Crippen MR) is 158 cm³/mol. The van der Waals surface area contributed by atoms with Gasteiger partial charge in [0, 0.05) is 24.5 Å². The molecule has 0 saturated heterocycles. The first-order valence-electron chi connectivity index (χ1n) is 14.9. The van der Waals surface area contributed by atoms with Crippen molar-refractivity contribution < 1.29 is 4.79 Å². The summed E-state index contributed by atoms with van der Waals surface area (Å²) in [6, 6.07) is 17.6. The summed E-state index contributed by atoms with van der Waals surface area (Å²) in [5.74, 6) is 0. The van der Waals surface area contributed by atoms with Crippen molar-refractivity contribution in [2.45, 2.75) is 118 Å². The first kappa shape index (κ1) is 29.9. The SMILES string of the molecule is CCCCCCN(C(=O)N(CCCCCC)c1ccc(CCCC)cc1)c1ccc(CCCC)cc1. The summed E-state index contributed by atoms with van der Waals surface area (Å²) >= 11 is 0. The average Bonchev–Trinajstić information content (AvgIpc) is 2.91. The molecule has 0 heterocycles. The van der Waals surface area contributed by atoms with Crippen LogP contribution in [0.2, 0.25) is 0 Å². The van der Waals surface area contributed by atoms with Crippen LogP contribution in [-0.4, -0.2) is 19.1 Å². The highest BCUT2D eigenvalue weighted by Crippen LogP contribution is 2.24. The summed E-state index contributed by atoms with van der Waals surface area (Å²) in [4.78, 5) is 18.2. The Bertz CT molecular complexity index is 758. The lowest BCUT2D eigenvalue weighted by Gasteiger charge is -2.31. The number of unbranched alkanes of at least 4 members (excludes halogenated alkanes) is 8. The van der Waals surface area contributed by atoms with E-state index in [2.05, 4.69) is 76.2 Å². The number of benzene rings is 2. The van der Waals surface area contributed by atoms with Crippen molar-refractivity contribution in [1.29, 1.82) is 0 Å². The molecule has 0 aliphatic carbocycles. The second-order valence-electron chi connectivity index (χ2n) is 10.2. The Balaban J connectivity index is 2.28. The lowest BCUT2D eigenvalue weighted by molar-refractivity contribution is 0.251. The van der Waals surface area contributed by atoms with Crippen LogP contribution < -0.4 is 9.80 Å². The van der Waals surface area contributed by atoms with Crippen LogP contribution in [0.5, 0.6) is 0 Å². The number of hydrogen-bond donors (Lipinski definition) is 0. The molecule has 200 valence electrons. The fraction of sp³-hybridized carbons (Fsp3) is 0.606. The third kappa shape index (κ3) is 10.4. The molecule has 0 unspecified atom stereocenters. The number of rotatable bonds is 18.